The van der Waals surface area contributed by atoms with Crippen LogP contribution in [0.2, 0.25) is 0 Å². The summed E-state index contributed by atoms with van der Waals surface area (Å²) in [4.78, 5) is 22.1. The average molecular weight is 332 g/mol. The van der Waals surface area contributed by atoms with E-state index in [-0.39, 0.29) is 18.9 Å². The highest BCUT2D eigenvalue weighted by Gasteiger charge is 2.30. The number of urea groups is 1. The van der Waals surface area contributed by atoms with Crippen molar-refractivity contribution >= 4 is 12.0 Å². The molecule has 0 fully saturated rings. The van der Waals surface area contributed by atoms with Gasteiger partial charge in [0, 0.05) is 6.54 Å². The number of nitrogens with one attached hydrogen (secondary N) is 2. The van der Waals surface area contributed by atoms with Crippen LogP contribution in [0.5, 0.6) is 0 Å². The largest absolute Gasteiger partial charge is 0.481 e. The number of hydrogen-bond donors (Lipinski definition) is 3. The third-order valence-corrected chi connectivity index (χ3v) is 3.17. The van der Waals surface area contributed by atoms with E-state index in [2.05, 4.69) is 10.6 Å². The lowest BCUT2D eigenvalue weighted by Crippen LogP contribution is -2.40. The van der Waals surface area contributed by atoms with Crippen molar-refractivity contribution in [1.29, 1.82) is 0 Å². The zero-order chi connectivity index (χ0) is 17.6. The Morgan fingerprint density at radius 3 is 2.17 bits per heavy atom. The van der Waals surface area contributed by atoms with Gasteiger partial charge in [-0.05, 0) is 23.6 Å². The molecule has 0 bridgehead atoms. The van der Waals surface area contributed by atoms with Crippen LogP contribution in [0.4, 0.5) is 18.0 Å². The lowest BCUT2D eigenvalue weighted by atomic mass is 9.95. The number of rotatable bonds is 6. The number of aliphatic carboxylic acids is 1. The van der Waals surface area contributed by atoms with E-state index in [1.54, 1.807) is 0 Å². The number of carboxylic acids is 1. The summed E-state index contributed by atoms with van der Waals surface area (Å²) in [6, 6.07) is 3.53. The van der Waals surface area contributed by atoms with E-state index in [0.29, 0.717) is 5.56 Å². The number of amides is 2. The highest BCUT2D eigenvalue weighted by molar-refractivity contribution is 5.75. The highest BCUT2D eigenvalue weighted by Crippen LogP contribution is 2.31. The fraction of sp³-hybridized carbons (Fsp3) is 0.467. The molecule has 1 unspecified atom stereocenters. The van der Waals surface area contributed by atoms with Gasteiger partial charge in [0.15, 0.2) is 0 Å². The van der Waals surface area contributed by atoms with Crippen molar-refractivity contribution in [2.24, 2.45) is 5.92 Å². The van der Waals surface area contributed by atoms with Crippen molar-refractivity contribution in [2.45, 2.75) is 32.5 Å². The molecule has 0 aliphatic heterocycles. The highest BCUT2D eigenvalue weighted by atomic mass is 19.4. The molecule has 0 saturated heterocycles. The molecular weight excluding hydrogens is 313 g/mol. The summed E-state index contributed by atoms with van der Waals surface area (Å²) in [7, 11) is 0. The summed E-state index contributed by atoms with van der Waals surface area (Å²) in [5, 5.41) is 13.5. The molecular formula is C15H19F3N2O3. The Morgan fingerprint density at radius 2 is 1.74 bits per heavy atom. The Labute approximate surface area is 131 Å². The maximum Gasteiger partial charge on any atom is 0.416 e. The van der Waals surface area contributed by atoms with E-state index in [1.807, 2.05) is 13.8 Å². The third kappa shape index (κ3) is 6.17. The second-order valence-corrected chi connectivity index (χ2v) is 5.39. The van der Waals surface area contributed by atoms with Crippen molar-refractivity contribution in [1.82, 2.24) is 10.6 Å². The van der Waals surface area contributed by atoms with E-state index in [0.717, 1.165) is 12.1 Å². The lowest BCUT2D eigenvalue weighted by Gasteiger charge is -2.23. The fourth-order valence-electron chi connectivity index (χ4n) is 1.99. The Kier molecular flexibility index (Phi) is 6.41. The van der Waals surface area contributed by atoms with Gasteiger partial charge in [-0.15, -0.1) is 0 Å². The van der Waals surface area contributed by atoms with Crippen LogP contribution in [0.15, 0.2) is 24.3 Å². The summed E-state index contributed by atoms with van der Waals surface area (Å²) in [6.45, 7) is 3.61. The van der Waals surface area contributed by atoms with Gasteiger partial charge in [0.05, 0.1) is 18.0 Å². The predicted octanol–water partition coefficient (Wildman–Crippen LogP) is 3.18. The first kappa shape index (κ1) is 18.8. The number of hydrogen-bond acceptors (Lipinski definition) is 2. The summed E-state index contributed by atoms with van der Waals surface area (Å²) < 4.78 is 37.7. The zero-order valence-corrected chi connectivity index (χ0v) is 12.8. The number of benzene rings is 1. The first-order valence-corrected chi connectivity index (χ1v) is 7.04. The van der Waals surface area contributed by atoms with Gasteiger partial charge in [0.1, 0.15) is 0 Å². The molecule has 1 aromatic rings. The van der Waals surface area contributed by atoms with Crippen molar-refractivity contribution < 1.29 is 27.9 Å². The molecule has 3 N–H and O–H groups in total. The third-order valence-electron chi connectivity index (χ3n) is 3.17. The number of carboxylic acid groups (broad SMARTS) is 1. The molecule has 0 saturated carbocycles. The Morgan fingerprint density at radius 1 is 1.17 bits per heavy atom. The first-order chi connectivity index (χ1) is 10.6. The van der Waals surface area contributed by atoms with Crippen LogP contribution in [-0.4, -0.2) is 23.7 Å². The maximum absolute atomic E-state index is 12.6. The van der Waals surface area contributed by atoms with Gasteiger partial charge in [-0.1, -0.05) is 26.0 Å². The van der Waals surface area contributed by atoms with Crippen LogP contribution < -0.4 is 10.6 Å². The molecule has 0 aromatic heterocycles. The summed E-state index contributed by atoms with van der Waals surface area (Å²) in [5.74, 6) is -1.09. The SMILES string of the molecule is CC(C)C(NC(=O)NCCC(=O)O)c1ccc(C(F)(F)F)cc1. The predicted molar refractivity (Wildman–Crippen MR) is 77.8 cm³/mol. The van der Waals surface area contributed by atoms with Crippen molar-refractivity contribution in [2.75, 3.05) is 6.54 Å². The normalized spacial score (nSPS) is 12.8. The Bertz CT molecular complexity index is 542. The van der Waals surface area contributed by atoms with Crippen molar-refractivity contribution in [3.8, 4) is 0 Å². The van der Waals surface area contributed by atoms with Gasteiger partial charge in [-0.2, -0.15) is 13.2 Å². The Balaban J connectivity index is 2.75. The zero-order valence-electron chi connectivity index (χ0n) is 12.8. The lowest BCUT2D eigenvalue weighted by molar-refractivity contribution is -0.138. The van der Waals surface area contributed by atoms with Gasteiger partial charge >= 0.3 is 18.2 Å². The minimum absolute atomic E-state index is 0.0288. The van der Waals surface area contributed by atoms with Crippen LogP contribution in [0.1, 0.15) is 37.4 Å². The van der Waals surface area contributed by atoms with E-state index in [1.165, 1.54) is 12.1 Å². The summed E-state index contributed by atoms with van der Waals surface area (Å²) >= 11 is 0. The number of halogens is 3. The van der Waals surface area contributed by atoms with Crippen molar-refractivity contribution in [3.05, 3.63) is 35.4 Å². The summed E-state index contributed by atoms with van der Waals surface area (Å²) in [5.41, 5.74) is -0.212. The Hall–Kier alpha value is -2.25. The molecule has 0 radical (unpaired) electrons. The van der Waals surface area contributed by atoms with Gasteiger partial charge in [0.25, 0.3) is 0 Å². The molecule has 5 nitrogen and oxygen atoms in total. The van der Waals surface area contributed by atoms with Crippen LogP contribution in [0, 0.1) is 5.92 Å². The van der Waals surface area contributed by atoms with Crippen LogP contribution in [-0.2, 0) is 11.0 Å². The second kappa shape index (κ2) is 7.85. The number of carbonyl (C=O) groups is 2. The van der Waals surface area contributed by atoms with Crippen LogP contribution >= 0.6 is 0 Å². The smallest absolute Gasteiger partial charge is 0.416 e. The van der Waals surface area contributed by atoms with E-state index in [4.69, 9.17) is 5.11 Å². The molecule has 8 heteroatoms. The number of carbonyl (C=O) groups excluding carboxylic acids is 1. The standard InChI is InChI=1S/C15H19F3N2O3/c1-9(2)13(20-14(23)19-8-7-12(21)22)10-3-5-11(6-4-10)15(16,17)18/h3-6,9,13H,7-8H2,1-2H3,(H,21,22)(H2,19,20,23). The topological polar surface area (TPSA) is 78.4 Å². The van der Waals surface area contributed by atoms with E-state index >= 15 is 0 Å². The molecule has 0 spiro atoms. The molecule has 1 rings (SSSR count). The minimum Gasteiger partial charge on any atom is -0.481 e. The minimum atomic E-state index is -4.41. The fourth-order valence-corrected chi connectivity index (χ4v) is 1.99. The van der Waals surface area contributed by atoms with Gasteiger partial charge in [-0.25, -0.2) is 4.79 Å². The number of alkyl halides is 3. The molecule has 1 aromatic carbocycles. The van der Waals surface area contributed by atoms with Crippen molar-refractivity contribution in [3.63, 3.8) is 0 Å². The van der Waals surface area contributed by atoms with Crippen LogP contribution in [0.3, 0.4) is 0 Å². The molecule has 1 atom stereocenters. The first-order valence-electron chi connectivity index (χ1n) is 7.04. The molecule has 0 aliphatic carbocycles. The van der Waals surface area contributed by atoms with Gasteiger partial charge < -0.3 is 15.7 Å². The quantitative estimate of drug-likeness (QED) is 0.749. The molecule has 0 heterocycles. The molecule has 0 aliphatic rings. The summed E-state index contributed by atoms with van der Waals surface area (Å²) in [6.07, 6.45) is -4.62. The van der Waals surface area contributed by atoms with Gasteiger partial charge in [0.2, 0.25) is 0 Å². The molecule has 23 heavy (non-hydrogen) atoms. The molecule has 2 amide bonds. The monoisotopic (exact) mass is 332 g/mol. The second-order valence-electron chi connectivity index (χ2n) is 5.39. The maximum atomic E-state index is 12.6. The van der Waals surface area contributed by atoms with Gasteiger partial charge in [-0.3, -0.25) is 4.79 Å². The average Bonchev–Trinajstić information content (AvgIpc) is 2.43. The molecule has 128 valence electrons. The van der Waals surface area contributed by atoms with E-state index < -0.39 is 29.8 Å². The van der Waals surface area contributed by atoms with Crippen LogP contribution in [0.25, 0.3) is 0 Å². The van der Waals surface area contributed by atoms with E-state index in [9.17, 15) is 22.8 Å².